The number of aromatic nitrogens is 1. The van der Waals surface area contributed by atoms with Crippen LogP contribution >= 0.6 is 0 Å². The minimum Gasteiger partial charge on any atom is -0.380 e. The lowest BCUT2D eigenvalue weighted by atomic mass is 10.2. The van der Waals surface area contributed by atoms with Crippen LogP contribution in [0.25, 0.3) is 0 Å². The minimum absolute atomic E-state index is 0.361. The van der Waals surface area contributed by atoms with Crippen LogP contribution in [0, 0.1) is 0 Å². The zero-order valence-corrected chi connectivity index (χ0v) is 11.6. The van der Waals surface area contributed by atoms with Crippen LogP contribution in [-0.4, -0.2) is 60.4 Å². The first-order valence-electron chi connectivity index (χ1n) is 7.23. The first-order valence-corrected chi connectivity index (χ1v) is 7.23. The van der Waals surface area contributed by atoms with Crippen molar-refractivity contribution in [2.24, 2.45) is 0 Å². The lowest BCUT2D eigenvalue weighted by molar-refractivity contribution is 0.107. The van der Waals surface area contributed by atoms with E-state index in [1.54, 1.807) is 6.26 Å². The van der Waals surface area contributed by atoms with Gasteiger partial charge in [0, 0.05) is 38.9 Å². The number of likely N-dealkylation sites (tertiary alicyclic amines) is 2. The molecule has 19 heavy (non-hydrogen) atoms. The molecule has 5 heteroatoms. The van der Waals surface area contributed by atoms with E-state index in [1.165, 1.54) is 25.9 Å². The standard InChI is InChI=1S/C14H23N3O2/c1-18-14-8-13(10-16-5-2-3-6-16)17(11-14)9-12-4-7-19-15-12/h4,7,13-14H,2-3,5-6,8-11H2,1H3/t13-,14-/m0/s1. The summed E-state index contributed by atoms with van der Waals surface area (Å²) >= 11 is 0. The van der Waals surface area contributed by atoms with Crippen LogP contribution in [0.2, 0.25) is 0 Å². The third-order valence-electron chi connectivity index (χ3n) is 4.35. The Kier molecular flexibility index (Phi) is 4.15. The zero-order valence-electron chi connectivity index (χ0n) is 11.6. The zero-order chi connectivity index (χ0) is 13.1. The van der Waals surface area contributed by atoms with Gasteiger partial charge in [0.05, 0.1) is 11.8 Å². The van der Waals surface area contributed by atoms with E-state index >= 15 is 0 Å². The summed E-state index contributed by atoms with van der Waals surface area (Å²) in [4.78, 5) is 5.07. The Labute approximate surface area is 114 Å². The van der Waals surface area contributed by atoms with Gasteiger partial charge in [-0.25, -0.2) is 0 Å². The predicted molar refractivity (Wildman–Crippen MR) is 71.8 cm³/mol. The summed E-state index contributed by atoms with van der Waals surface area (Å²) in [6.45, 7) is 5.55. The van der Waals surface area contributed by atoms with Crippen molar-refractivity contribution in [1.82, 2.24) is 15.0 Å². The molecule has 0 amide bonds. The molecule has 0 bridgehead atoms. The van der Waals surface area contributed by atoms with Crippen molar-refractivity contribution in [2.45, 2.75) is 38.0 Å². The Balaban J connectivity index is 1.61. The summed E-state index contributed by atoms with van der Waals surface area (Å²) < 4.78 is 10.5. The highest BCUT2D eigenvalue weighted by Crippen LogP contribution is 2.24. The van der Waals surface area contributed by atoms with Crippen molar-refractivity contribution in [3.05, 3.63) is 18.0 Å². The number of hydrogen-bond donors (Lipinski definition) is 0. The molecule has 0 aliphatic carbocycles. The summed E-state index contributed by atoms with van der Waals surface area (Å²) in [6, 6.07) is 2.53. The van der Waals surface area contributed by atoms with Crippen LogP contribution in [0.3, 0.4) is 0 Å². The molecule has 0 spiro atoms. The second kappa shape index (κ2) is 6.03. The first kappa shape index (κ1) is 13.1. The molecule has 0 unspecified atom stereocenters. The number of hydrogen-bond acceptors (Lipinski definition) is 5. The summed E-state index contributed by atoms with van der Waals surface area (Å²) in [5.74, 6) is 0. The average molecular weight is 265 g/mol. The van der Waals surface area contributed by atoms with Crippen molar-refractivity contribution in [3.63, 3.8) is 0 Å². The van der Waals surface area contributed by atoms with Crippen molar-refractivity contribution in [1.29, 1.82) is 0 Å². The number of rotatable bonds is 5. The van der Waals surface area contributed by atoms with Gasteiger partial charge in [-0.05, 0) is 32.4 Å². The van der Waals surface area contributed by atoms with E-state index in [9.17, 15) is 0 Å². The number of nitrogens with zero attached hydrogens (tertiary/aromatic N) is 3. The fourth-order valence-corrected chi connectivity index (χ4v) is 3.28. The van der Waals surface area contributed by atoms with Gasteiger partial charge in [-0.15, -0.1) is 0 Å². The molecule has 1 aromatic heterocycles. The van der Waals surface area contributed by atoms with Gasteiger partial charge in [-0.2, -0.15) is 0 Å². The normalized spacial score (nSPS) is 29.3. The quantitative estimate of drug-likeness (QED) is 0.804. The molecule has 0 radical (unpaired) electrons. The van der Waals surface area contributed by atoms with E-state index in [2.05, 4.69) is 15.0 Å². The molecule has 0 N–H and O–H groups in total. The van der Waals surface area contributed by atoms with E-state index in [-0.39, 0.29) is 0 Å². The van der Waals surface area contributed by atoms with Crippen LogP contribution in [0.5, 0.6) is 0 Å². The van der Waals surface area contributed by atoms with Gasteiger partial charge < -0.3 is 14.2 Å². The number of methoxy groups -OCH3 is 1. The van der Waals surface area contributed by atoms with Gasteiger partial charge in [-0.3, -0.25) is 4.90 Å². The lowest BCUT2D eigenvalue weighted by Crippen LogP contribution is -2.39. The SMILES string of the molecule is CO[C@H]1C[C@@H](CN2CCCC2)N(Cc2ccon2)C1. The van der Waals surface area contributed by atoms with E-state index in [1.807, 2.05) is 13.2 Å². The molecule has 0 saturated carbocycles. The lowest BCUT2D eigenvalue weighted by Gasteiger charge is -2.27. The molecule has 2 aliphatic heterocycles. The maximum absolute atomic E-state index is 5.55. The van der Waals surface area contributed by atoms with Gasteiger partial charge in [-0.1, -0.05) is 5.16 Å². The molecular formula is C14H23N3O2. The van der Waals surface area contributed by atoms with Gasteiger partial charge >= 0.3 is 0 Å². The second-order valence-electron chi connectivity index (χ2n) is 5.68. The first-order chi connectivity index (χ1) is 9.35. The third kappa shape index (κ3) is 3.16. The monoisotopic (exact) mass is 265 g/mol. The summed E-state index contributed by atoms with van der Waals surface area (Å²) in [5, 5.41) is 4.03. The van der Waals surface area contributed by atoms with Crippen molar-refractivity contribution < 1.29 is 9.26 Å². The van der Waals surface area contributed by atoms with Gasteiger partial charge in [0.2, 0.25) is 0 Å². The molecule has 0 aromatic carbocycles. The van der Waals surface area contributed by atoms with E-state index in [4.69, 9.17) is 9.26 Å². The second-order valence-corrected chi connectivity index (χ2v) is 5.68. The maximum Gasteiger partial charge on any atom is 0.124 e. The van der Waals surface area contributed by atoms with Crippen molar-refractivity contribution in [3.8, 4) is 0 Å². The molecular weight excluding hydrogens is 242 g/mol. The minimum atomic E-state index is 0.361. The Bertz CT molecular complexity index is 376. The molecule has 2 atom stereocenters. The highest BCUT2D eigenvalue weighted by atomic mass is 16.5. The van der Waals surface area contributed by atoms with Crippen LogP contribution in [-0.2, 0) is 11.3 Å². The molecule has 3 rings (SSSR count). The highest BCUT2D eigenvalue weighted by Gasteiger charge is 2.33. The highest BCUT2D eigenvalue weighted by molar-refractivity contribution is 4.98. The van der Waals surface area contributed by atoms with E-state index < -0.39 is 0 Å². The van der Waals surface area contributed by atoms with E-state index in [0.717, 1.165) is 31.7 Å². The Morgan fingerprint density at radius 1 is 1.42 bits per heavy atom. The van der Waals surface area contributed by atoms with Crippen LogP contribution < -0.4 is 0 Å². The molecule has 5 nitrogen and oxygen atoms in total. The largest absolute Gasteiger partial charge is 0.380 e. The van der Waals surface area contributed by atoms with Gasteiger partial charge in [0.25, 0.3) is 0 Å². The van der Waals surface area contributed by atoms with Crippen LogP contribution in [0.4, 0.5) is 0 Å². The van der Waals surface area contributed by atoms with Crippen molar-refractivity contribution >= 4 is 0 Å². The fraction of sp³-hybridized carbons (Fsp3) is 0.786. The van der Waals surface area contributed by atoms with Gasteiger partial charge in [0.15, 0.2) is 0 Å². The fourth-order valence-electron chi connectivity index (χ4n) is 3.28. The predicted octanol–water partition coefficient (Wildman–Crippen LogP) is 1.36. The average Bonchev–Trinajstić information content (AvgIpc) is 3.13. The summed E-state index contributed by atoms with van der Waals surface area (Å²) in [6.07, 6.45) is 5.84. The molecule has 2 fully saturated rings. The smallest absolute Gasteiger partial charge is 0.124 e. The molecule has 2 aliphatic rings. The number of ether oxygens (including phenoxy) is 1. The Morgan fingerprint density at radius 3 is 2.95 bits per heavy atom. The van der Waals surface area contributed by atoms with Crippen molar-refractivity contribution in [2.75, 3.05) is 33.3 Å². The molecule has 1 aromatic rings. The molecule has 3 heterocycles. The third-order valence-corrected chi connectivity index (χ3v) is 4.35. The Morgan fingerprint density at radius 2 is 2.26 bits per heavy atom. The topological polar surface area (TPSA) is 41.7 Å². The maximum atomic E-state index is 5.55. The molecule has 2 saturated heterocycles. The Hall–Kier alpha value is -0.910. The summed E-state index contributed by atoms with van der Waals surface area (Å²) in [5.41, 5.74) is 1.02. The summed E-state index contributed by atoms with van der Waals surface area (Å²) in [7, 11) is 1.82. The van der Waals surface area contributed by atoms with Crippen LogP contribution in [0.1, 0.15) is 25.0 Å². The van der Waals surface area contributed by atoms with E-state index in [0.29, 0.717) is 12.1 Å². The van der Waals surface area contributed by atoms with Crippen LogP contribution in [0.15, 0.2) is 16.9 Å². The molecule has 106 valence electrons. The van der Waals surface area contributed by atoms with Gasteiger partial charge in [0.1, 0.15) is 6.26 Å².